The van der Waals surface area contributed by atoms with Gasteiger partial charge in [0.1, 0.15) is 5.82 Å². The number of rotatable bonds is 1. The highest BCUT2D eigenvalue weighted by Gasteiger charge is 2.38. The third-order valence-corrected chi connectivity index (χ3v) is 3.78. The van der Waals surface area contributed by atoms with Crippen LogP contribution in [0.25, 0.3) is 0 Å². The van der Waals surface area contributed by atoms with Crippen molar-refractivity contribution in [1.29, 1.82) is 0 Å². The van der Waals surface area contributed by atoms with E-state index in [1.165, 1.54) is 12.1 Å². The van der Waals surface area contributed by atoms with Crippen molar-refractivity contribution >= 4 is 33.4 Å². The van der Waals surface area contributed by atoms with Gasteiger partial charge in [-0.1, -0.05) is 12.1 Å². The number of benzene rings is 2. The van der Waals surface area contributed by atoms with Gasteiger partial charge in [-0.25, -0.2) is 13.7 Å². The summed E-state index contributed by atoms with van der Waals surface area (Å²) < 4.78 is 26.9. The van der Waals surface area contributed by atoms with E-state index in [0.29, 0.717) is 4.90 Å². The van der Waals surface area contributed by atoms with Gasteiger partial charge in [0, 0.05) is 0 Å². The Kier molecular flexibility index (Phi) is 2.90. The maximum Gasteiger partial charge on any atom is 0.266 e. The van der Waals surface area contributed by atoms with Gasteiger partial charge in [0.15, 0.2) is 5.82 Å². The number of hydrogen-bond donors (Lipinski definition) is 0. The molecule has 3 nitrogen and oxygen atoms in total. The molecule has 2 amide bonds. The molecule has 0 aliphatic carbocycles. The van der Waals surface area contributed by atoms with Crippen molar-refractivity contribution in [2.24, 2.45) is 0 Å². The third-order valence-electron chi connectivity index (χ3n) is 3.05. The summed E-state index contributed by atoms with van der Waals surface area (Å²) in [5.74, 6) is -3.03. The zero-order chi connectivity index (χ0) is 14.4. The third kappa shape index (κ3) is 1.68. The zero-order valence-electron chi connectivity index (χ0n) is 9.86. The van der Waals surface area contributed by atoms with Crippen LogP contribution in [0, 0.1) is 11.6 Å². The maximum absolute atomic E-state index is 14.1. The molecule has 0 N–H and O–H groups in total. The minimum atomic E-state index is -0.987. The van der Waals surface area contributed by atoms with E-state index in [1.807, 2.05) is 0 Å². The van der Waals surface area contributed by atoms with Crippen LogP contribution in [-0.4, -0.2) is 11.8 Å². The highest BCUT2D eigenvalue weighted by Crippen LogP contribution is 2.33. The van der Waals surface area contributed by atoms with Gasteiger partial charge in [-0.05, 0) is 40.2 Å². The Balaban J connectivity index is 2.17. The van der Waals surface area contributed by atoms with Crippen LogP contribution < -0.4 is 4.90 Å². The van der Waals surface area contributed by atoms with Crippen molar-refractivity contribution in [2.45, 2.75) is 0 Å². The fourth-order valence-corrected chi connectivity index (χ4v) is 2.43. The summed E-state index contributed by atoms with van der Waals surface area (Å²) in [5, 5.41) is 0. The largest absolute Gasteiger partial charge is 0.268 e. The molecule has 0 bridgehead atoms. The van der Waals surface area contributed by atoms with Crippen LogP contribution in [0.3, 0.4) is 0 Å². The molecule has 0 atom stereocenters. The van der Waals surface area contributed by atoms with Crippen molar-refractivity contribution in [3.05, 3.63) is 63.6 Å². The predicted molar refractivity (Wildman–Crippen MR) is 71.6 cm³/mol. The van der Waals surface area contributed by atoms with Gasteiger partial charge in [0.2, 0.25) is 0 Å². The van der Waals surface area contributed by atoms with Gasteiger partial charge in [-0.2, -0.15) is 0 Å². The Labute approximate surface area is 120 Å². The summed E-state index contributed by atoms with van der Waals surface area (Å²) in [4.78, 5) is 25.1. The summed E-state index contributed by atoms with van der Waals surface area (Å²) in [6.45, 7) is 0. The van der Waals surface area contributed by atoms with E-state index in [4.69, 9.17) is 0 Å². The molecule has 1 aliphatic rings. The van der Waals surface area contributed by atoms with E-state index in [0.717, 1.165) is 12.1 Å². The average molecular weight is 338 g/mol. The van der Waals surface area contributed by atoms with E-state index in [1.54, 1.807) is 12.1 Å². The van der Waals surface area contributed by atoms with Crippen LogP contribution in [0.15, 0.2) is 40.9 Å². The molecule has 20 heavy (non-hydrogen) atoms. The van der Waals surface area contributed by atoms with Crippen molar-refractivity contribution < 1.29 is 18.4 Å². The standard InChI is InChI=1S/C14H6BrF2NO2/c15-11-9(16)5-6-10(12(11)17)18-13(19)7-3-1-2-4-8(7)14(18)20/h1-6H. The quantitative estimate of drug-likeness (QED) is 0.589. The SMILES string of the molecule is O=C1c2ccccc2C(=O)N1c1ccc(F)c(Br)c1F. The lowest BCUT2D eigenvalue weighted by Crippen LogP contribution is -2.30. The molecule has 1 heterocycles. The van der Waals surface area contributed by atoms with Crippen molar-refractivity contribution in [3.63, 3.8) is 0 Å². The van der Waals surface area contributed by atoms with E-state index in [9.17, 15) is 18.4 Å². The van der Waals surface area contributed by atoms with Crippen molar-refractivity contribution in [1.82, 2.24) is 0 Å². The van der Waals surface area contributed by atoms with Crippen LogP contribution in [-0.2, 0) is 0 Å². The smallest absolute Gasteiger partial charge is 0.266 e. The average Bonchev–Trinajstić information content (AvgIpc) is 2.70. The number of hydrogen-bond acceptors (Lipinski definition) is 2. The van der Waals surface area contributed by atoms with Crippen molar-refractivity contribution in [3.8, 4) is 0 Å². The van der Waals surface area contributed by atoms with Gasteiger partial charge < -0.3 is 0 Å². The Hall–Kier alpha value is -2.08. The molecule has 0 radical (unpaired) electrons. The Morgan fingerprint density at radius 1 is 0.900 bits per heavy atom. The normalized spacial score (nSPS) is 13.8. The Morgan fingerprint density at radius 3 is 2.00 bits per heavy atom. The number of fused-ring (bicyclic) bond motifs is 1. The lowest BCUT2D eigenvalue weighted by molar-refractivity contribution is 0.0924. The molecule has 0 fully saturated rings. The monoisotopic (exact) mass is 337 g/mol. The minimum Gasteiger partial charge on any atom is -0.268 e. The first-order valence-electron chi connectivity index (χ1n) is 5.63. The van der Waals surface area contributed by atoms with Crippen LogP contribution in [0.5, 0.6) is 0 Å². The molecule has 3 rings (SSSR count). The number of imide groups is 1. The molecule has 2 aromatic rings. The number of carbonyl (C=O) groups excluding carboxylic acids is 2. The second-order valence-electron chi connectivity index (χ2n) is 4.19. The number of nitrogens with zero attached hydrogens (tertiary/aromatic N) is 1. The Morgan fingerprint density at radius 2 is 1.45 bits per heavy atom. The summed E-state index contributed by atoms with van der Waals surface area (Å²) in [6.07, 6.45) is 0. The predicted octanol–water partition coefficient (Wildman–Crippen LogP) is 3.53. The molecule has 0 spiro atoms. The molecule has 0 aromatic heterocycles. The minimum absolute atomic E-state index is 0.206. The summed E-state index contributed by atoms with van der Waals surface area (Å²) in [5.41, 5.74) is 0.138. The summed E-state index contributed by atoms with van der Waals surface area (Å²) in [6, 6.07) is 8.27. The second-order valence-corrected chi connectivity index (χ2v) is 4.98. The van der Waals surface area contributed by atoms with Gasteiger partial charge in [-0.3, -0.25) is 9.59 Å². The fraction of sp³-hybridized carbons (Fsp3) is 0. The van der Waals surface area contributed by atoms with Crippen LogP contribution in [0.1, 0.15) is 20.7 Å². The van der Waals surface area contributed by atoms with E-state index in [2.05, 4.69) is 15.9 Å². The lowest BCUT2D eigenvalue weighted by Gasteiger charge is -2.15. The number of anilines is 1. The molecule has 2 aromatic carbocycles. The van der Waals surface area contributed by atoms with Gasteiger partial charge >= 0.3 is 0 Å². The zero-order valence-corrected chi connectivity index (χ0v) is 11.4. The molecule has 0 saturated heterocycles. The first-order chi connectivity index (χ1) is 9.52. The fourth-order valence-electron chi connectivity index (χ4n) is 2.10. The molecule has 1 aliphatic heterocycles. The number of halogens is 3. The van der Waals surface area contributed by atoms with E-state index in [-0.39, 0.29) is 16.8 Å². The Bertz CT molecular complexity index is 726. The first kappa shape index (κ1) is 12.9. The molecular weight excluding hydrogens is 332 g/mol. The molecule has 0 unspecified atom stereocenters. The summed E-state index contributed by atoms with van der Waals surface area (Å²) >= 11 is 2.75. The highest BCUT2D eigenvalue weighted by molar-refractivity contribution is 9.10. The van der Waals surface area contributed by atoms with E-state index < -0.39 is 27.9 Å². The van der Waals surface area contributed by atoms with Gasteiger partial charge in [0.25, 0.3) is 11.8 Å². The van der Waals surface area contributed by atoms with Gasteiger partial charge in [0.05, 0.1) is 21.3 Å². The molecular formula is C14H6BrF2NO2. The van der Waals surface area contributed by atoms with E-state index >= 15 is 0 Å². The first-order valence-corrected chi connectivity index (χ1v) is 6.43. The molecule has 100 valence electrons. The number of carbonyl (C=O) groups is 2. The molecule has 6 heteroatoms. The number of amides is 2. The van der Waals surface area contributed by atoms with Crippen LogP contribution in [0.4, 0.5) is 14.5 Å². The topological polar surface area (TPSA) is 37.4 Å². The summed E-state index contributed by atoms with van der Waals surface area (Å²) in [7, 11) is 0. The maximum atomic E-state index is 14.1. The molecule has 0 saturated carbocycles. The lowest BCUT2D eigenvalue weighted by atomic mass is 10.1. The van der Waals surface area contributed by atoms with Crippen molar-refractivity contribution in [2.75, 3.05) is 4.90 Å². The van der Waals surface area contributed by atoms with Crippen LogP contribution in [0.2, 0.25) is 0 Å². The second kappa shape index (κ2) is 4.49. The van der Waals surface area contributed by atoms with Gasteiger partial charge in [-0.15, -0.1) is 0 Å². The van der Waals surface area contributed by atoms with Crippen LogP contribution >= 0.6 is 15.9 Å². The highest BCUT2D eigenvalue weighted by atomic mass is 79.9.